The second kappa shape index (κ2) is 6.08. The van der Waals surface area contributed by atoms with Gasteiger partial charge in [0.15, 0.2) is 0 Å². The first-order valence-corrected chi connectivity index (χ1v) is 8.04. The molecule has 0 bridgehead atoms. The van der Waals surface area contributed by atoms with E-state index < -0.39 is 0 Å². The van der Waals surface area contributed by atoms with Crippen LogP contribution in [0.1, 0.15) is 18.4 Å². The van der Waals surface area contributed by atoms with Crippen LogP contribution in [0.25, 0.3) is 10.9 Å². The molecule has 4 nitrogen and oxygen atoms in total. The van der Waals surface area contributed by atoms with Crippen molar-refractivity contribution in [3.63, 3.8) is 0 Å². The van der Waals surface area contributed by atoms with E-state index in [2.05, 4.69) is 15.0 Å². The fraction of sp³-hybridized carbons (Fsp3) is 0.333. The number of rotatable bonds is 4. The van der Waals surface area contributed by atoms with Gasteiger partial charge < -0.3 is 0 Å². The largest absolute Gasteiger partial charge is 0.294 e. The summed E-state index contributed by atoms with van der Waals surface area (Å²) < 4.78 is 15.9. The molecule has 1 aromatic carbocycles. The maximum absolute atomic E-state index is 13.9. The summed E-state index contributed by atoms with van der Waals surface area (Å²) in [6.07, 6.45) is 7.90. The first-order valence-electron chi connectivity index (χ1n) is 8.04. The second-order valence-electron chi connectivity index (χ2n) is 6.13. The van der Waals surface area contributed by atoms with Crippen molar-refractivity contribution >= 4 is 10.9 Å². The van der Waals surface area contributed by atoms with Gasteiger partial charge in [0.1, 0.15) is 5.82 Å². The second-order valence-corrected chi connectivity index (χ2v) is 6.13. The van der Waals surface area contributed by atoms with Gasteiger partial charge in [-0.2, -0.15) is 5.10 Å². The highest BCUT2D eigenvalue weighted by Crippen LogP contribution is 2.25. The molecule has 0 amide bonds. The molecule has 1 unspecified atom stereocenters. The van der Waals surface area contributed by atoms with Crippen LogP contribution < -0.4 is 0 Å². The van der Waals surface area contributed by atoms with Crippen LogP contribution in [0.5, 0.6) is 0 Å². The third kappa shape index (κ3) is 2.97. The van der Waals surface area contributed by atoms with Crippen LogP contribution >= 0.6 is 0 Å². The number of halogens is 1. The summed E-state index contributed by atoms with van der Waals surface area (Å²) in [5.41, 5.74) is 1.87. The lowest BCUT2D eigenvalue weighted by Crippen LogP contribution is -2.32. The Hall–Kier alpha value is -2.27. The zero-order valence-electron chi connectivity index (χ0n) is 12.9. The molecule has 0 spiro atoms. The molecule has 0 N–H and O–H groups in total. The highest BCUT2D eigenvalue weighted by atomic mass is 19.1. The Morgan fingerprint density at radius 1 is 1.22 bits per heavy atom. The molecule has 0 saturated carbocycles. The highest BCUT2D eigenvalue weighted by Gasteiger charge is 2.25. The summed E-state index contributed by atoms with van der Waals surface area (Å²) in [5, 5.41) is 5.17. The number of hydrogen-bond donors (Lipinski definition) is 0. The Morgan fingerprint density at radius 2 is 2.17 bits per heavy atom. The predicted octanol–water partition coefficient (Wildman–Crippen LogP) is 3.24. The zero-order valence-corrected chi connectivity index (χ0v) is 12.9. The van der Waals surface area contributed by atoms with Crippen molar-refractivity contribution in [2.24, 2.45) is 0 Å². The summed E-state index contributed by atoms with van der Waals surface area (Å²) in [6.45, 7) is 2.65. The third-order valence-corrected chi connectivity index (χ3v) is 4.58. The smallest absolute Gasteiger partial charge is 0.124 e. The van der Waals surface area contributed by atoms with Crippen molar-refractivity contribution < 1.29 is 4.39 Å². The fourth-order valence-corrected chi connectivity index (χ4v) is 3.50. The highest BCUT2D eigenvalue weighted by molar-refractivity contribution is 5.81. The van der Waals surface area contributed by atoms with Crippen LogP contribution in [0.15, 0.2) is 48.9 Å². The van der Waals surface area contributed by atoms with Gasteiger partial charge in [-0.15, -0.1) is 0 Å². The van der Waals surface area contributed by atoms with E-state index in [1.807, 2.05) is 35.3 Å². The predicted molar refractivity (Wildman–Crippen MR) is 87.4 cm³/mol. The van der Waals surface area contributed by atoms with Crippen LogP contribution in [0.4, 0.5) is 4.39 Å². The number of benzene rings is 1. The lowest BCUT2D eigenvalue weighted by molar-refractivity contribution is 0.219. The molecule has 0 radical (unpaired) electrons. The number of fused-ring (bicyclic) bond motifs is 1. The van der Waals surface area contributed by atoms with E-state index >= 15 is 0 Å². The van der Waals surface area contributed by atoms with Gasteiger partial charge in [0.25, 0.3) is 0 Å². The average molecular weight is 310 g/mol. The van der Waals surface area contributed by atoms with Gasteiger partial charge in [-0.25, -0.2) is 4.39 Å². The SMILES string of the molecule is Fc1cc(CN2CCCC2Cn2cccn2)c2ncccc2c1. The Balaban J connectivity index is 1.59. The molecule has 1 atom stereocenters. The molecule has 1 aliphatic rings. The maximum atomic E-state index is 13.9. The van der Waals surface area contributed by atoms with Crippen LogP contribution in [0, 0.1) is 5.82 Å². The molecule has 3 heterocycles. The number of nitrogens with zero attached hydrogens (tertiary/aromatic N) is 4. The molecule has 118 valence electrons. The molecule has 5 heteroatoms. The Kier molecular flexibility index (Phi) is 3.79. The standard InChI is InChI=1S/C18H19FN4/c19-16-10-14-4-1-6-20-18(14)15(11-16)12-22-8-2-5-17(22)13-23-9-3-7-21-23/h1,3-4,6-7,9-11,17H,2,5,8,12-13H2. The van der Waals surface area contributed by atoms with E-state index in [4.69, 9.17) is 0 Å². The summed E-state index contributed by atoms with van der Waals surface area (Å²) in [5.74, 6) is -0.191. The zero-order chi connectivity index (χ0) is 15.6. The lowest BCUT2D eigenvalue weighted by atomic mass is 10.1. The number of likely N-dealkylation sites (tertiary alicyclic amines) is 1. The van der Waals surface area contributed by atoms with Crippen LogP contribution in [0.3, 0.4) is 0 Å². The molecule has 23 heavy (non-hydrogen) atoms. The summed E-state index contributed by atoms with van der Waals surface area (Å²) in [7, 11) is 0. The molecule has 1 fully saturated rings. The van der Waals surface area contributed by atoms with Crippen molar-refractivity contribution in [1.29, 1.82) is 0 Å². The van der Waals surface area contributed by atoms with Gasteiger partial charge >= 0.3 is 0 Å². The number of pyridine rings is 1. The van der Waals surface area contributed by atoms with Crippen LogP contribution in [0.2, 0.25) is 0 Å². The quantitative estimate of drug-likeness (QED) is 0.742. The molecule has 2 aromatic heterocycles. The molecule has 3 aromatic rings. The first kappa shape index (κ1) is 14.3. The minimum atomic E-state index is -0.191. The van der Waals surface area contributed by atoms with E-state index in [9.17, 15) is 4.39 Å². The topological polar surface area (TPSA) is 34.0 Å². The minimum Gasteiger partial charge on any atom is -0.294 e. The van der Waals surface area contributed by atoms with E-state index in [1.165, 1.54) is 6.42 Å². The molecule has 1 saturated heterocycles. The molecular weight excluding hydrogens is 291 g/mol. The maximum Gasteiger partial charge on any atom is 0.124 e. The van der Waals surface area contributed by atoms with E-state index in [1.54, 1.807) is 18.3 Å². The number of aromatic nitrogens is 3. The molecular formula is C18H19FN4. The summed E-state index contributed by atoms with van der Waals surface area (Å²) in [4.78, 5) is 6.88. The van der Waals surface area contributed by atoms with Crippen molar-refractivity contribution in [3.05, 3.63) is 60.3 Å². The number of hydrogen-bond acceptors (Lipinski definition) is 3. The first-order chi connectivity index (χ1) is 11.3. The third-order valence-electron chi connectivity index (χ3n) is 4.58. The van der Waals surface area contributed by atoms with Crippen molar-refractivity contribution in [2.45, 2.75) is 32.0 Å². The van der Waals surface area contributed by atoms with Crippen LogP contribution in [-0.2, 0) is 13.1 Å². The minimum absolute atomic E-state index is 0.191. The van der Waals surface area contributed by atoms with E-state index in [0.717, 1.165) is 42.5 Å². The van der Waals surface area contributed by atoms with Gasteiger partial charge in [-0.1, -0.05) is 6.07 Å². The Labute approximate surface area is 134 Å². The Bertz CT molecular complexity index is 800. The Morgan fingerprint density at radius 3 is 3.04 bits per heavy atom. The molecule has 4 rings (SSSR count). The van der Waals surface area contributed by atoms with Crippen molar-refractivity contribution in [1.82, 2.24) is 19.7 Å². The van der Waals surface area contributed by atoms with Crippen LogP contribution in [-0.4, -0.2) is 32.3 Å². The van der Waals surface area contributed by atoms with Gasteiger partial charge in [0.05, 0.1) is 12.1 Å². The molecule has 1 aliphatic heterocycles. The van der Waals surface area contributed by atoms with Crippen molar-refractivity contribution in [3.8, 4) is 0 Å². The van der Waals surface area contributed by atoms with Crippen molar-refractivity contribution in [2.75, 3.05) is 6.54 Å². The van der Waals surface area contributed by atoms with Gasteiger partial charge in [-0.05, 0) is 49.2 Å². The van der Waals surface area contributed by atoms with E-state index in [-0.39, 0.29) is 5.82 Å². The summed E-state index contributed by atoms with van der Waals surface area (Å²) >= 11 is 0. The average Bonchev–Trinajstić information content (AvgIpc) is 3.20. The fourth-order valence-electron chi connectivity index (χ4n) is 3.50. The normalized spacial score (nSPS) is 18.7. The lowest BCUT2D eigenvalue weighted by Gasteiger charge is -2.25. The van der Waals surface area contributed by atoms with Gasteiger partial charge in [0.2, 0.25) is 0 Å². The van der Waals surface area contributed by atoms with Gasteiger partial charge in [-0.3, -0.25) is 14.6 Å². The van der Waals surface area contributed by atoms with E-state index in [0.29, 0.717) is 6.04 Å². The summed E-state index contributed by atoms with van der Waals surface area (Å²) in [6, 6.07) is 9.33. The van der Waals surface area contributed by atoms with Gasteiger partial charge in [0, 0.05) is 36.6 Å². The molecule has 0 aliphatic carbocycles. The monoisotopic (exact) mass is 310 g/mol.